The molecule has 0 heterocycles. The van der Waals surface area contributed by atoms with Crippen LogP contribution in [-0.4, -0.2) is 18.9 Å². The monoisotopic (exact) mass is 289 g/mol. The van der Waals surface area contributed by atoms with Crippen LogP contribution in [0.4, 0.5) is 10.1 Å². The molecule has 1 aliphatic rings. The van der Waals surface area contributed by atoms with Crippen LogP contribution >= 0.6 is 0 Å². The Kier molecular flexibility index (Phi) is 3.23. The highest BCUT2D eigenvalue weighted by molar-refractivity contribution is 7.81. The van der Waals surface area contributed by atoms with E-state index in [1.165, 1.54) is 6.07 Å². The summed E-state index contributed by atoms with van der Waals surface area (Å²) in [5.74, 6) is -1.87. The van der Waals surface area contributed by atoms with Crippen molar-refractivity contribution in [1.82, 2.24) is 0 Å². The molecule has 0 spiro atoms. The fourth-order valence-corrected chi connectivity index (χ4v) is 1.81. The second-order valence-corrected chi connectivity index (χ2v) is 5.69. The SMILES string of the molecule is CC1(C(=O)Nc2ccc(F)c(OS(=O)(=O)O)c2)CC1. The Balaban J connectivity index is 2.19. The lowest BCUT2D eigenvalue weighted by Gasteiger charge is -2.11. The van der Waals surface area contributed by atoms with Crippen molar-refractivity contribution in [1.29, 1.82) is 0 Å². The Hall–Kier alpha value is -1.67. The predicted molar refractivity (Wildman–Crippen MR) is 64.5 cm³/mol. The number of hydrogen-bond acceptors (Lipinski definition) is 4. The highest BCUT2D eigenvalue weighted by Crippen LogP contribution is 2.45. The molecule has 104 valence electrons. The summed E-state index contributed by atoms with van der Waals surface area (Å²) in [6.45, 7) is 1.79. The summed E-state index contributed by atoms with van der Waals surface area (Å²) in [7, 11) is -4.81. The molecular weight excluding hydrogens is 277 g/mol. The van der Waals surface area contributed by atoms with Crippen LogP contribution in [0.2, 0.25) is 0 Å². The van der Waals surface area contributed by atoms with Crippen LogP contribution in [0.3, 0.4) is 0 Å². The largest absolute Gasteiger partial charge is 0.446 e. The van der Waals surface area contributed by atoms with Gasteiger partial charge in [0.15, 0.2) is 11.6 Å². The van der Waals surface area contributed by atoms with Gasteiger partial charge in [-0.15, -0.1) is 0 Å². The van der Waals surface area contributed by atoms with Crippen molar-refractivity contribution in [3.63, 3.8) is 0 Å². The molecule has 1 saturated carbocycles. The van der Waals surface area contributed by atoms with Gasteiger partial charge in [-0.2, -0.15) is 8.42 Å². The molecule has 1 aromatic carbocycles. The van der Waals surface area contributed by atoms with Gasteiger partial charge in [0.05, 0.1) is 0 Å². The summed E-state index contributed by atoms with van der Waals surface area (Å²) in [4.78, 5) is 11.8. The van der Waals surface area contributed by atoms with Crippen molar-refractivity contribution in [2.75, 3.05) is 5.32 Å². The molecule has 2 rings (SSSR count). The average molecular weight is 289 g/mol. The minimum atomic E-state index is -4.81. The number of halogens is 1. The zero-order valence-electron chi connectivity index (χ0n) is 10.0. The van der Waals surface area contributed by atoms with Crippen LogP contribution in [0.15, 0.2) is 18.2 Å². The minimum absolute atomic E-state index is 0.193. The number of hydrogen-bond donors (Lipinski definition) is 2. The molecule has 0 unspecified atom stereocenters. The van der Waals surface area contributed by atoms with E-state index < -0.39 is 27.4 Å². The maximum Gasteiger partial charge on any atom is 0.446 e. The van der Waals surface area contributed by atoms with Gasteiger partial charge < -0.3 is 9.50 Å². The standard InChI is InChI=1S/C11H12FNO5S/c1-11(4-5-11)10(14)13-7-2-3-8(12)9(6-7)18-19(15,16)17/h2-3,6H,4-5H2,1H3,(H,13,14)(H,15,16,17). The fraction of sp³-hybridized carbons (Fsp3) is 0.364. The molecule has 0 aliphatic heterocycles. The highest BCUT2D eigenvalue weighted by atomic mass is 32.3. The van der Waals surface area contributed by atoms with Crippen LogP contribution < -0.4 is 9.50 Å². The van der Waals surface area contributed by atoms with Crippen LogP contribution in [0.25, 0.3) is 0 Å². The van der Waals surface area contributed by atoms with Crippen molar-refractivity contribution >= 4 is 22.0 Å². The number of anilines is 1. The number of benzene rings is 1. The Morgan fingerprint density at radius 2 is 2.11 bits per heavy atom. The first-order chi connectivity index (χ1) is 8.70. The second-order valence-electron chi connectivity index (χ2n) is 4.67. The minimum Gasteiger partial charge on any atom is -0.359 e. The van der Waals surface area contributed by atoms with Gasteiger partial charge in [0.2, 0.25) is 5.91 Å². The lowest BCUT2D eigenvalue weighted by atomic mass is 10.1. The average Bonchev–Trinajstić information content (AvgIpc) is 3.01. The van der Waals surface area contributed by atoms with Gasteiger partial charge in [-0.3, -0.25) is 9.35 Å². The van der Waals surface area contributed by atoms with E-state index in [1.54, 1.807) is 6.92 Å². The molecule has 2 N–H and O–H groups in total. The second kappa shape index (κ2) is 4.46. The van der Waals surface area contributed by atoms with Crippen LogP contribution in [0.5, 0.6) is 5.75 Å². The van der Waals surface area contributed by atoms with E-state index in [-0.39, 0.29) is 11.6 Å². The maximum absolute atomic E-state index is 13.3. The number of nitrogens with one attached hydrogen (secondary N) is 1. The molecule has 1 aromatic rings. The highest BCUT2D eigenvalue weighted by Gasteiger charge is 2.44. The summed E-state index contributed by atoms with van der Waals surface area (Å²) in [5, 5.41) is 2.54. The van der Waals surface area contributed by atoms with Crippen molar-refractivity contribution in [3.05, 3.63) is 24.0 Å². The lowest BCUT2D eigenvalue weighted by Crippen LogP contribution is -2.21. The first-order valence-corrected chi connectivity index (χ1v) is 6.84. The van der Waals surface area contributed by atoms with E-state index in [0.29, 0.717) is 0 Å². The molecule has 19 heavy (non-hydrogen) atoms. The summed E-state index contributed by atoms with van der Waals surface area (Å²) in [5.41, 5.74) is -0.225. The smallest absolute Gasteiger partial charge is 0.359 e. The van der Waals surface area contributed by atoms with E-state index >= 15 is 0 Å². The summed E-state index contributed by atoms with van der Waals surface area (Å²) in [6.07, 6.45) is 1.54. The number of rotatable bonds is 4. The summed E-state index contributed by atoms with van der Waals surface area (Å²) >= 11 is 0. The molecule has 8 heteroatoms. The number of amides is 1. The van der Waals surface area contributed by atoms with Crippen molar-refractivity contribution in [3.8, 4) is 5.75 Å². The Labute approximate surface area is 109 Å². The first kappa shape index (κ1) is 13.8. The molecule has 0 aromatic heterocycles. The predicted octanol–water partition coefficient (Wildman–Crippen LogP) is 1.75. The van der Waals surface area contributed by atoms with Gasteiger partial charge in [-0.1, -0.05) is 6.92 Å². The molecule has 1 amide bonds. The zero-order chi connectivity index (χ0) is 14.3. The van der Waals surface area contributed by atoms with E-state index in [4.69, 9.17) is 4.55 Å². The van der Waals surface area contributed by atoms with Gasteiger partial charge in [-0.05, 0) is 25.0 Å². The number of carbonyl (C=O) groups excluding carboxylic acids is 1. The van der Waals surface area contributed by atoms with Gasteiger partial charge >= 0.3 is 10.4 Å². The molecule has 0 bridgehead atoms. The van der Waals surface area contributed by atoms with Gasteiger partial charge in [0, 0.05) is 17.2 Å². The molecule has 6 nitrogen and oxygen atoms in total. The van der Waals surface area contributed by atoms with E-state index in [2.05, 4.69) is 9.50 Å². The third-order valence-corrected chi connectivity index (χ3v) is 3.32. The summed E-state index contributed by atoms with van der Waals surface area (Å²) in [6, 6.07) is 3.20. The topological polar surface area (TPSA) is 92.7 Å². The van der Waals surface area contributed by atoms with Crippen molar-refractivity contribution in [2.24, 2.45) is 5.41 Å². The van der Waals surface area contributed by atoms with Gasteiger partial charge in [-0.25, -0.2) is 4.39 Å². The summed E-state index contributed by atoms with van der Waals surface area (Å²) < 4.78 is 46.9. The Bertz CT molecular complexity index is 624. The quantitative estimate of drug-likeness (QED) is 0.824. The number of carbonyl (C=O) groups is 1. The van der Waals surface area contributed by atoms with Gasteiger partial charge in [0.1, 0.15) is 0 Å². The van der Waals surface area contributed by atoms with Crippen molar-refractivity contribution in [2.45, 2.75) is 19.8 Å². The van der Waals surface area contributed by atoms with Crippen molar-refractivity contribution < 1.29 is 26.3 Å². The molecule has 0 atom stereocenters. The normalized spacial score (nSPS) is 16.8. The van der Waals surface area contributed by atoms with E-state index in [9.17, 15) is 17.6 Å². The fourth-order valence-electron chi connectivity index (χ4n) is 1.45. The third-order valence-electron chi connectivity index (χ3n) is 2.93. The Morgan fingerprint density at radius 1 is 1.47 bits per heavy atom. The van der Waals surface area contributed by atoms with Crippen LogP contribution in [0, 0.1) is 11.2 Å². The van der Waals surface area contributed by atoms with E-state index in [0.717, 1.165) is 25.0 Å². The van der Waals surface area contributed by atoms with E-state index in [1.807, 2.05) is 0 Å². The third kappa shape index (κ3) is 3.42. The Morgan fingerprint density at radius 3 is 2.63 bits per heavy atom. The molecule has 1 fully saturated rings. The molecule has 0 radical (unpaired) electrons. The van der Waals surface area contributed by atoms with Crippen LogP contribution in [0.1, 0.15) is 19.8 Å². The lowest BCUT2D eigenvalue weighted by molar-refractivity contribution is -0.120. The maximum atomic E-state index is 13.3. The molecular formula is C11H12FNO5S. The van der Waals surface area contributed by atoms with Gasteiger partial charge in [0.25, 0.3) is 0 Å². The van der Waals surface area contributed by atoms with Crippen LogP contribution in [-0.2, 0) is 15.2 Å². The first-order valence-electron chi connectivity index (χ1n) is 5.47. The molecule has 0 saturated heterocycles. The zero-order valence-corrected chi connectivity index (χ0v) is 10.8. The molecule has 1 aliphatic carbocycles.